The van der Waals surface area contributed by atoms with E-state index in [-0.39, 0.29) is 6.54 Å². The smallest absolute Gasteiger partial charge is 0.352 e. The molecule has 0 heterocycles. The van der Waals surface area contributed by atoms with Crippen LogP contribution in [0.15, 0.2) is 18.2 Å². The summed E-state index contributed by atoms with van der Waals surface area (Å²) >= 11 is 5.37. The molecule has 1 N–H and O–H groups in total. The predicted molar refractivity (Wildman–Crippen MR) is 59.1 cm³/mol. The zero-order chi connectivity index (χ0) is 13.8. The third-order valence-corrected chi connectivity index (χ3v) is 2.41. The number of hydrogen-bond acceptors (Lipinski definition) is 1. The molecular formula is C11H10ClF4NO. The lowest BCUT2D eigenvalue weighted by molar-refractivity contribution is -0.140. The molecule has 7 heteroatoms. The summed E-state index contributed by atoms with van der Waals surface area (Å²) in [5, 5.41) is 2.29. The highest BCUT2D eigenvalue weighted by atomic mass is 35.5. The van der Waals surface area contributed by atoms with Gasteiger partial charge in [-0.3, -0.25) is 4.79 Å². The second kappa shape index (κ2) is 6.04. The summed E-state index contributed by atoms with van der Waals surface area (Å²) in [7, 11) is 0. The van der Waals surface area contributed by atoms with Gasteiger partial charge >= 0.3 is 6.18 Å². The normalized spacial score (nSPS) is 11.4. The minimum atomic E-state index is -4.82. The molecule has 18 heavy (non-hydrogen) atoms. The first-order valence-electron chi connectivity index (χ1n) is 5.07. The van der Waals surface area contributed by atoms with Gasteiger partial charge in [-0.25, -0.2) is 4.39 Å². The number of halogens is 5. The van der Waals surface area contributed by atoms with Crippen molar-refractivity contribution in [2.45, 2.75) is 12.6 Å². The van der Waals surface area contributed by atoms with Crippen LogP contribution in [0.2, 0.25) is 0 Å². The van der Waals surface area contributed by atoms with Crippen molar-refractivity contribution in [1.29, 1.82) is 0 Å². The van der Waals surface area contributed by atoms with E-state index >= 15 is 0 Å². The van der Waals surface area contributed by atoms with Gasteiger partial charge in [-0.15, -0.1) is 11.6 Å². The molecule has 0 bridgehead atoms. The Morgan fingerprint density at radius 2 is 2.00 bits per heavy atom. The van der Waals surface area contributed by atoms with Crippen LogP contribution >= 0.6 is 11.6 Å². The van der Waals surface area contributed by atoms with E-state index in [9.17, 15) is 22.4 Å². The van der Waals surface area contributed by atoms with E-state index in [2.05, 4.69) is 5.32 Å². The number of hydrogen-bond donors (Lipinski definition) is 1. The first kappa shape index (κ1) is 14.8. The lowest BCUT2D eigenvalue weighted by Gasteiger charge is -2.11. The van der Waals surface area contributed by atoms with Gasteiger partial charge in [0.1, 0.15) is 5.82 Å². The summed E-state index contributed by atoms with van der Waals surface area (Å²) in [6.45, 7) is 0.179. The molecule has 2 nitrogen and oxygen atoms in total. The zero-order valence-electron chi connectivity index (χ0n) is 9.15. The molecule has 0 aromatic heterocycles. The highest BCUT2D eigenvalue weighted by Crippen LogP contribution is 2.32. The van der Waals surface area contributed by atoms with Crippen molar-refractivity contribution in [1.82, 2.24) is 5.32 Å². The molecule has 1 rings (SSSR count). The van der Waals surface area contributed by atoms with E-state index in [1.807, 2.05) is 0 Å². The maximum atomic E-state index is 13.5. The van der Waals surface area contributed by atoms with Crippen molar-refractivity contribution < 1.29 is 22.4 Å². The largest absolute Gasteiger partial charge is 0.419 e. The Hall–Kier alpha value is -1.30. The second-order valence-corrected chi connectivity index (χ2v) is 3.84. The van der Waals surface area contributed by atoms with Gasteiger partial charge < -0.3 is 5.32 Å². The van der Waals surface area contributed by atoms with Crippen molar-refractivity contribution in [3.8, 4) is 0 Å². The molecule has 0 aliphatic heterocycles. The Morgan fingerprint density at radius 1 is 1.33 bits per heavy atom. The first-order valence-corrected chi connectivity index (χ1v) is 5.61. The van der Waals surface area contributed by atoms with Crippen molar-refractivity contribution in [2.75, 3.05) is 12.4 Å². The Kier molecular flexibility index (Phi) is 4.95. The molecule has 1 amide bonds. The number of carbonyl (C=O) groups excluding carboxylic acids is 1. The Morgan fingerprint density at radius 3 is 2.56 bits per heavy atom. The average molecular weight is 284 g/mol. The number of benzene rings is 1. The zero-order valence-corrected chi connectivity index (χ0v) is 9.91. The number of rotatable bonds is 4. The molecule has 0 aliphatic rings. The fourth-order valence-corrected chi connectivity index (χ4v) is 1.42. The lowest BCUT2D eigenvalue weighted by atomic mass is 10.1. The van der Waals surface area contributed by atoms with Gasteiger partial charge in [-0.2, -0.15) is 13.2 Å². The van der Waals surface area contributed by atoms with Crippen molar-refractivity contribution in [3.05, 3.63) is 35.1 Å². The molecule has 0 saturated heterocycles. The highest BCUT2D eigenvalue weighted by Gasteiger charge is 2.35. The summed E-state index contributed by atoms with van der Waals surface area (Å²) in [6, 6.07) is 2.58. The molecule has 0 spiro atoms. The van der Waals surface area contributed by atoms with Crippen LogP contribution in [0.3, 0.4) is 0 Å². The third-order valence-electron chi connectivity index (χ3n) is 2.14. The molecular weight excluding hydrogens is 274 g/mol. The molecule has 0 unspecified atom stereocenters. The minimum absolute atomic E-state index is 0.179. The van der Waals surface area contributed by atoms with Crippen LogP contribution in [-0.2, 0) is 6.18 Å². The standard InChI is InChI=1S/C11H10ClF4NO/c12-5-2-6-17-10(18)7-3-1-4-8(9(7)13)11(14,15)16/h1,3-4H,2,5-6H2,(H,17,18). The number of carbonyl (C=O) groups is 1. The minimum Gasteiger partial charge on any atom is -0.352 e. The quantitative estimate of drug-likeness (QED) is 0.513. The molecule has 0 atom stereocenters. The SMILES string of the molecule is O=C(NCCCCl)c1cccc(C(F)(F)F)c1F. The molecule has 1 aromatic carbocycles. The average Bonchev–Trinajstić information content (AvgIpc) is 2.28. The second-order valence-electron chi connectivity index (χ2n) is 3.46. The Bertz CT molecular complexity index is 434. The van der Waals surface area contributed by atoms with Crippen LogP contribution in [0.5, 0.6) is 0 Å². The van der Waals surface area contributed by atoms with Gasteiger partial charge in [0.25, 0.3) is 5.91 Å². The van der Waals surface area contributed by atoms with Crippen LogP contribution in [0.1, 0.15) is 22.3 Å². The van der Waals surface area contributed by atoms with E-state index in [4.69, 9.17) is 11.6 Å². The van der Waals surface area contributed by atoms with E-state index in [0.717, 1.165) is 12.1 Å². The topological polar surface area (TPSA) is 29.1 Å². The molecule has 0 radical (unpaired) electrons. The predicted octanol–water partition coefficient (Wildman–Crippen LogP) is 3.20. The third kappa shape index (κ3) is 3.60. The summed E-state index contributed by atoms with van der Waals surface area (Å²) in [5.41, 5.74) is -2.08. The summed E-state index contributed by atoms with van der Waals surface area (Å²) in [6.07, 6.45) is -4.37. The van der Waals surface area contributed by atoms with Crippen molar-refractivity contribution >= 4 is 17.5 Å². The summed E-state index contributed by atoms with van der Waals surface area (Å²) in [4.78, 5) is 11.5. The van der Waals surface area contributed by atoms with E-state index in [1.165, 1.54) is 0 Å². The summed E-state index contributed by atoms with van der Waals surface area (Å²) < 4.78 is 50.7. The van der Waals surface area contributed by atoms with Crippen LogP contribution in [0, 0.1) is 5.82 Å². The maximum Gasteiger partial charge on any atom is 0.419 e. The Balaban J connectivity index is 2.93. The van der Waals surface area contributed by atoms with Crippen molar-refractivity contribution in [2.24, 2.45) is 0 Å². The molecule has 1 aromatic rings. The van der Waals surface area contributed by atoms with Gasteiger partial charge in [0.2, 0.25) is 0 Å². The monoisotopic (exact) mass is 283 g/mol. The van der Waals surface area contributed by atoms with Crippen LogP contribution < -0.4 is 5.32 Å². The summed E-state index contributed by atoms with van der Waals surface area (Å²) in [5.74, 6) is -2.15. The lowest BCUT2D eigenvalue weighted by Crippen LogP contribution is -2.26. The van der Waals surface area contributed by atoms with E-state index in [1.54, 1.807) is 0 Å². The molecule has 0 fully saturated rings. The number of alkyl halides is 4. The van der Waals surface area contributed by atoms with E-state index in [0.29, 0.717) is 18.4 Å². The van der Waals surface area contributed by atoms with Gasteiger partial charge in [0.15, 0.2) is 0 Å². The fourth-order valence-electron chi connectivity index (χ4n) is 1.29. The first-order chi connectivity index (χ1) is 8.38. The van der Waals surface area contributed by atoms with Gasteiger partial charge in [0, 0.05) is 12.4 Å². The van der Waals surface area contributed by atoms with Crippen LogP contribution in [0.25, 0.3) is 0 Å². The number of amides is 1. The van der Waals surface area contributed by atoms with Gasteiger partial charge in [0.05, 0.1) is 11.1 Å². The number of nitrogens with one attached hydrogen (secondary N) is 1. The molecule has 100 valence electrons. The van der Waals surface area contributed by atoms with Crippen LogP contribution in [0.4, 0.5) is 17.6 Å². The highest BCUT2D eigenvalue weighted by molar-refractivity contribution is 6.17. The van der Waals surface area contributed by atoms with Crippen LogP contribution in [-0.4, -0.2) is 18.3 Å². The van der Waals surface area contributed by atoms with Gasteiger partial charge in [-0.05, 0) is 18.6 Å². The molecule has 0 saturated carbocycles. The van der Waals surface area contributed by atoms with Gasteiger partial charge in [-0.1, -0.05) is 6.07 Å². The Labute approximate surface area is 106 Å². The fraction of sp³-hybridized carbons (Fsp3) is 0.364. The maximum absolute atomic E-state index is 13.5. The van der Waals surface area contributed by atoms with E-state index < -0.39 is 29.0 Å². The molecule has 0 aliphatic carbocycles. The van der Waals surface area contributed by atoms with Crippen molar-refractivity contribution in [3.63, 3.8) is 0 Å².